The van der Waals surface area contributed by atoms with E-state index in [9.17, 15) is 8.42 Å². The van der Waals surface area contributed by atoms with Crippen molar-refractivity contribution in [1.29, 1.82) is 0 Å². The first-order valence-electron chi connectivity index (χ1n) is 5.82. The Morgan fingerprint density at radius 3 is 2.50 bits per heavy atom. The van der Waals surface area contributed by atoms with Gasteiger partial charge in [0.2, 0.25) is 9.30 Å². The minimum absolute atomic E-state index is 0.0459. The van der Waals surface area contributed by atoms with Gasteiger partial charge in [0, 0.05) is 19.7 Å². The van der Waals surface area contributed by atoms with Gasteiger partial charge in [0.05, 0.1) is 11.9 Å². The summed E-state index contributed by atoms with van der Waals surface area (Å²) in [5.41, 5.74) is 1.75. The Balaban J connectivity index is 2.07. The van der Waals surface area contributed by atoms with Crippen LogP contribution in [0.2, 0.25) is 0 Å². The van der Waals surface area contributed by atoms with Crippen molar-refractivity contribution >= 4 is 26.3 Å². The molecule has 20 heavy (non-hydrogen) atoms. The van der Waals surface area contributed by atoms with Crippen molar-refractivity contribution in [3.05, 3.63) is 36.5 Å². The van der Waals surface area contributed by atoms with Crippen LogP contribution in [-0.4, -0.2) is 41.4 Å². The van der Waals surface area contributed by atoms with Gasteiger partial charge in [-0.15, -0.1) is 5.10 Å². The Hall–Kier alpha value is -1.77. The van der Waals surface area contributed by atoms with Crippen LogP contribution in [0.25, 0.3) is 16.2 Å². The summed E-state index contributed by atoms with van der Waals surface area (Å²) in [5.74, 6) is 0. The largest absolute Gasteiger partial charge is 0.271 e. The van der Waals surface area contributed by atoms with Crippen LogP contribution in [0.5, 0.6) is 0 Å². The van der Waals surface area contributed by atoms with E-state index in [0.29, 0.717) is 4.96 Å². The molecule has 0 amide bonds. The maximum Gasteiger partial charge on any atom is 0.271 e. The summed E-state index contributed by atoms with van der Waals surface area (Å²) in [4.78, 5) is 4.97. The maximum atomic E-state index is 12.0. The Morgan fingerprint density at radius 2 is 1.90 bits per heavy atom. The molecule has 0 aliphatic rings. The van der Waals surface area contributed by atoms with Gasteiger partial charge in [-0.2, -0.15) is 0 Å². The van der Waals surface area contributed by atoms with Gasteiger partial charge < -0.3 is 0 Å². The average molecular weight is 308 g/mol. The second-order valence-corrected chi connectivity index (χ2v) is 7.66. The van der Waals surface area contributed by atoms with Crippen molar-refractivity contribution in [2.24, 2.45) is 0 Å². The van der Waals surface area contributed by atoms with Crippen LogP contribution < -0.4 is 0 Å². The maximum absolute atomic E-state index is 12.0. The molecular formula is C12H12N4O2S2. The number of hydrogen-bond donors (Lipinski definition) is 0. The highest BCUT2D eigenvalue weighted by atomic mass is 32.2. The predicted molar refractivity (Wildman–Crippen MR) is 77.2 cm³/mol. The molecule has 0 unspecified atom stereocenters. The molecular weight excluding hydrogens is 296 g/mol. The van der Waals surface area contributed by atoms with E-state index >= 15 is 0 Å². The Kier molecular flexibility index (Phi) is 3.08. The fourth-order valence-corrected chi connectivity index (χ4v) is 3.90. The number of sulfonamides is 1. The van der Waals surface area contributed by atoms with Crippen LogP contribution in [0.15, 0.2) is 40.9 Å². The van der Waals surface area contributed by atoms with E-state index in [2.05, 4.69) is 10.1 Å². The number of fused-ring (bicyclic) bond motifs is 1. The summed E-state index contributed by atoms with van der Waals surface area (Å²) >= 11 is 1.06. The van der Waals surface area contributed by atoms with Crippen LogP contribution >= 0.6 is 11.3 Å². The molecule has 0 saturated heterocycles. The van der Waals surface area contributed by atoms with Crippen LogP contribution in [0.3, 0.4) is 0 Å². The van der Waals surface area contributed by atoms with Crippen LogP contribution in [-0.2, 0) is 10.0 Å². The third-order valence-corrected chi connectivity index (χ3v) is 5.88. The number of hydrogen-bond acceptors (Lipinski definition) is 5. The molecule has 0 atom stereocenters. The Bertz CT molecular complexity index is 819. The summed E-state index contributed by atoms with van der Waals surface area (Å²) < 4.78 is 26.7. The molecule has 6 nitrogen and oxygen atoms in total. The molecule has 0 saturated carbocycles. The SMILES string of the molecule is CN(C)S(=O)(=O)c1nn2cc(-c3ccccc3)nc2s1. The molecule has 1 aromatic carbocycles. The smallest absolute Gasteiger partial charge is 0.217 e. The first kappa shape index (κ1) is 13.2. The Morgan fingerprint density at radius 1 is 1.20 bits per heavy atom. The highest BCUT2D eigenvalue weighted by Crippen LogP contribution is 2.25. The molecule has 2 aromatic heterocycles. The molecule has 0 spiro atoms. The van der Waals surface area contributed by atoms with Crippen molar-refractivity contribution in [2.45, 2.75) is 4.34 Å². The van der Waals surface area contributed by atoms with Crippen LogP contribution in [0, 0.1) is 0 Å². The number of imidazole rings is 1. The van der Waals surface area contributed by atoms with Gasteiger partial charge in [-0.05, 0) is 0 Å². The van der Waals surface area contributed by atoms with E-state index < -0.39 is 10.0 Å². The molecule has 8 heteroatoms. The molecule has 104 valence electrons. The standard InChI is InChI=1S/C12H12N4O2S2/c1-15(2)20(17,18)12-14-16-8-10(13-11(16)19-12)9-6-4-3-5-7-9/h3-8H,1-2H3. The third kappa shape index (κ3) is 2.11. The lowest BCUT2D eigenvalue weighted by Gasteiger charge is -2.06. The lowest BCUT2D eigenvalue weighted by Crippen LogP contribution is -2.22. The van der Waals surface area contributed by atoms with Gasteiger partial charge in [0.25, 0.3) is 10.0 Å². The van der Waals surface area contributed by atoms with Gasteiger partial charge in [-0.25, -0.2) is 22.2 Å². The molecule has 3 rings (SSSR count). The van der Waals surface area contributed by atoms with Crippen molar-refractivity contribution in [3.8, 4) is 11.3 Å². The van der Waals surface area contributed by atoms with E-state index in [-0.39, 0.29) is 4.34 Å². The fourth-order valence-electron chi connectivity index (χ4n) is 1.69. The number of aromatic nitrogens is 3. The van der Waals surface area contributed by atoms with E-state index in [4.69, 9.17) is 0 Å². The van der Waals surface area contributed by atoms with E-state index in [1.807, 2.05) is 30.3 Å². The number of nitrogens with zero attached hydrogens (tertiary/aromatic N) is 4. The zero-order valence-electron chi connectivity index (χ0n) is 10.9. The van der Waals surface area contributed by atoms with Gasteiger partial charge in [0.1, 0.15) is 0 Å². The lowest BCUT2D eigenvalue weighted by atomic mass is 10.2. The van der Waals surface area contributed by atoms with Gasteiger partial charge >= 0.3 is 0 Å². The predicted octanol–water partition coefficient (Wildman–Crippen LogP) is 1.71. The van der Waals surface area contributed by atoms with Crippen molar-refractivity contribution < 1.29 is 8.42 Å². The topological polar surface area (TPSA) is 67.6 Å². The van der Waals surface area contributed by atoms with E-state index in [1.165, 1.54) is 18.6 Å². The fraction of sp³-hybridized carbons (Fsp3) is 0.167. The van der Waals surface area contributed by atoms with Crippen LogP contribution in [0.4, 0.5) is 0 Å². The van der Waals surface area contributed by atoms with E-state index in [1.54, 1.807) is 6.20 Å². The minimum Gasteiger partial charge on any atom is -0.217 e. The van der Waals surface area contributed by atoms with Crippen LogP contribution in [0.1, 0.15) is 0 Å². The third-order valence-electron chi connectivity index (χ3n) is 2.80. The average Bonchev–Trinajstić information content (AvgIpc) is 2.97. The highest BCUT2D eigenvalue weighted by molar-refractivity contribution is 7.91. The summed E-state index contributed by atoms with van der Waals surface area (Å²) in [6.45, 7) is 0. The number of rotatable bonds is 3. The van der Waals surface area contributed by atoms with Gasteiger partial charge in [-0.3, -0.25) is 0 Å². The van der Waals surface area contributed by atoms with Crippen molar-refractivity contribution in [1.82, 2.24) is 18.9 Å². The second kappa shape index (κ2) is 4.65. The quantitative estimate of drug-likeness (QED) is 0.738. The molecule has 0 N–H and O–H groups in total. The molecule has 0 aliphatic carbocycles. The van der Waals surface area contributed by atoms with Gasteiger partial charge in [0.15, 0.2) is 0 Å². The van der Waals surface area contributed by atoms with Gasteiger partial charge in [-0.1, -0.05) is 41.7 Å². The summed E-state index contributed by atoms with van der Waals surface area (Å²) in [7, 11) is -0.544. The summed E-state index contributed by atoms with van der Waals surface area (Å²) in [6, 6.07) is 9.69. The highest BCUT2D eigenvalue weighted by Gasteiger charge is 2.23. The first-order valence-corrected chi connectivity index (χ1v) is 8.08. The molecule has 0 bridgehead atoms. The van der Waals surface area contributed by atoms with Crippen molar-refractivity contribution in [3.63, 3.8) is 0 Å². The van der Waals surface area contributed by atoms with E-state index in [0.717, 1.165) is 26.9 Å². The zero-order chi connectivity index (χ0) is 14.3. The zero-order valence-corrected chi connectivity index (χ0v) is 12.5. The molecule has 0 aliphatic heterocycles. The normalized spacial score (nSPS) is 12.3. The Labute approximate surface area is 120 Å². The minimum atomic E-state index is -3.51. The second-order valence-electron chi connectivity index (χ2n) is 4.37. The molecule has 0 radical (unpaired) electrons. The molecule has 2 heterocycles. The van der Waals surface area contributed by atoms with Crippen molar-refractivity contribution in [2.75, 3.05) is 14.1 Å². The monoisotopic (exact) mass is 308 g/mol. The molecule has 0 fully saturated rings. The summed E-state index contributed by atoms with van der Waals surface area (Å²) in [6.07, 6.45) is 1.73. The first-order chi connectivity index (χ1) is 9.48. The molecule has 3 aromatic rings. The lowest BCUT2D eigenvalue weighted by molar-refractivity contribution is 0.518. The summed E-state index contributed by atoms with van der Waals surface area (Å²) in [5, 5.41) is 4.09. The number of benzene rings is 1.